The maximum Gasteiger partial charge on any atom is 0.331 e. The number of halogens is 3. The lowest BCUT2D eigenvalue weighted by molar-refractivity contribution is -0.386. The zero-order chi connectivity index (χ0) is 15.7. The summed E-state index contributed by atoms with van der Waals surface area (Å²) in [6, 6.07) is 5.00. The van der Waals surface area contributed by atoms with Crippen molar-refractivity contribution in [3.63, 3.8) is 0 Å². The highest BCUT2D eigenvalue weighted by molar-refractivity contribution is 5.71. The molecule has 2 N–H and O–H groups in total. The molecule has 0 saturated heterocycles. The van der Waals surface area contributed by atoms with E-state index < -0.39 is 39.3 Å². The molecule has 21 heavy (non-hydrogen) atoms. The summed E-state index contributed by atoms with van der Waals surface area (Å²) < 4.78 is 41.2. The van der Waals surface area contributed by atoms with E-state index in [4.69, 9.17) is 5.11 Å². The average molecular weight is 298 g/mol. The minimum absolute atomic E-state index is 0.0863. The Morgan fingerprint density at radius 3 is 2.19 bits per heavy atom. The molecule has 0 radical (unpaired) electrons. The summed E-state index contributed by atoms with van der Waals surface area (Å²) in [5.74, 6) is -4.58. The summed E-state index contributed by atoms with van der Waals surface area (Å²) in [4.78, 5) is 9.77. The molecule has 0 spiro atoms. The van der Waals surface area contributed by atoms with Gasteiger partial charge in [-0.1, -0.05) is 0 Å². The van der Waals surface area contributed by atoms with E-state index in [1.54, 1.807) is 0 Å². The van der Waals surface area contributed by atoms with E-state index in [0.717, 1.165) is 6.92 Å². The van der Waals surface area contributed by atoms with E-state index in [1.165, 1.54) is 24.3 Å². The number of phenolic OH excluding ortho intramolecular Hbond substituents is 1. The Balaban J connectivity index is 2.61. The molecule has 0 aromatic heterocycles. The molecule has 8 heteroatoms. The third kappa shape index (κ3) is 2.60. The standard InChI is InChI=1S/C13H9F3N2O3/c1-6-9(14)11(16)12(13(10(6)15)18(20)21)17-7-2-4-8(19)5-3-7/h2-5,17,19H,1H3. The van der Waals surface area contributed by atoms with Crippen molar-refractivity contribution < 1.29 is 23.2 Å². The number of nitrogens with zero attached hydrogens (tertiary/aromatic N) is 1. The summed E-state index contributed by atoms with van der Waals surface area (Å²) in [7, 11) is 0. The van der Waals surface area contributed by atoms with Gasteiger partial charge in [0.25, 0.3) is 0 Å². The maximum atomic E-state index is 13.9. The molecule has 0 bridgehead atoms. The molecule has 0 heterocycles. The van der Waals surface area contributed by atoms with Crippen LogP contribution in [0.2, 0.25) is 0 Å². The highest BCUT2D eigenvalue weighted by Gasteiger charge is 2.30. The summed E-state index contributed by atoms with van der Waals surface area (Å²) in [6.45, 7) is 0.908. The van der Waals surface area contributed by atoms with Crippen LogP contribution in [0.25, 0.3) is 0 Å². The monoisotopic (exact) mass is 298 g/mol. The van der Waals surface area contributed by atoms with E-state index in [1.807, 2.05) is 0 Å². The van der Waals surface area contributed by atoms with Crippen LogP contribution in [0.15, 0.2) is 24.3 Å². The molecule has 110 valence electrons. The second-order valence-corrected chi connectivity index (χ2v) is 4.22. The molecule has 2 rings (SSSR count). The molecular formula is C13H9F3N2O3. The third-order valence-electron chi connectivity index (χ3n) is 2.83. The Hall–Kier alpha value is -2.77. The number of benzene rings is 2. The van der Waals surface area contributed by atoms with Gasteiger partial charge >= 0.3 is 5.69 Å². The molecule has 2 aromatic carbocycles. The lowest BCUT2D eigenvalue weighted by atomic mass is 10.1. The SMILES string of the molecule is Cc1c(F)c(F)c(Nc2ccc(O)cc2)c([N+](=O)[O-])c1F. The topological polar surface area (TPSA) is 75.4 Å². The van der Waals surface area contributed by atoms with Gasteiger partial charge in [-0.05, 0) is 31.2 Å². The van der Waals surface area contributed by atoms with Gasteiger partial charge in [0.15, 0.2) is 17.3 Å². The van der Waals surface area contributed by atoms with Crippen LogP contribution in [0, 0.1) is 34.5 Å². The molecule has 0 atom stereocenters. The van der Waals surface area contributed by atoms with E-state index in [9.17, 15) is 23.3 Å². The van der Waals surface area contributed by atoms with Gasteiger partial charge in [-0.2, -0.15) is 4.39 Å². The fourth-order valence-corrected chi connectivity index (χ4v) is 1.74. The van der Waals surface area contributed by atoms with Gasteiger partial charge in [0, 0.05) is 11.3 Å². The van der Waals surface area contributed by atoms with Gasteiger partial charge in [-0.15, -0.1) is 0 Å². The smallest absolute Gasteiger partial charge is 0.331 e. The van der Waals surface area contributed by atoms with Crippen LogP contribution in [-0.4, -0.2) is 10.0 Å². The number of nitrogens with one attached hydrogen (secondary N) is 1. The fourth-order valence-electron chi connectivity index (χ4n) is 1.74. The van der Waals surface area contributed by atoms with Crippen molar-refractivity contribution in [2.24, 2.45) is 0 Å². The first-order valence-electron chi connectivity index (χ1n) is 5.70. The zero-order valence-corrected chi connectivity index (χ0v) is 10.7. The molecule has 0 aliphatic heterocycles. The number of anilines is 2. The molecule has 2 aromatic rings. The number of aromatic hydroxyl groups is 1. The Labute approximate surface area is 116 Å². The minimum Gasteiger partial charge on any atom is -0.508 e. The van der Waals surface area contributed by atoms with Gasteiger partial charge in [-0.25, -0.2) is 8.78 Å². The largest absolute Gasteiger partial charge is 0.508 e. The number of hydrogen-bond donors (Lipinski definition) is 2. The second kappa shape index (κ2) is 5.31. The van der Waals surface area contributed by atoms with Crippen molar-refractivity contribution >= 4 is 17.1 Å². The molecular weight excluding hydrogens is 289 g/mol. The van der Waals surface area contributed by atoms with Crippen LogP contribution in [-0.2, 0) is 0 Å². The normalized spacial score (nSPS) is 10.5. The van der Waals surface area contributed by atoms with Crippen molar-refractivity contribution in [2.75, 3.05) is 5.32 Å². The van der Waals surface area contributed by atoms with Crippen LogP contribution in [0.4, 0.5) is 30.2 Å². The Bertz CT molecular complexity index is 718. The fraction of sp³-hybridized carbons (Fsp3) is 0.0769. The first kappa shape index (κ1) is 14.6. The molecule has 0 saturated carbocycles. The summed E-state index contributed by atoms with van der Waals surface area (Å²) >= 11 is 0. The predicted octanol–water partition coefficient (Wildman–Crippen LogP) is 3.77. The van der Waals surface area contributed by atoms with Crippen molar-refractivity contribution in [3.8, 4) is 5.75 Å². The van der Waals surface area contributed by atoms with Crippen LogP contribution < -0.4 is 5.32 Å². The molecule has 0 aliphatic carbocycles. The van der Waals surface area contributed by atoms with Crippen LogP contribution in [0.1, 0.15) is 5.56 Å². The Kier molecular flexibility index (Phi) is 3.70. The predicted molar refractivity (Wildman–Crippen MR) is 69.1 cm³/mol. The van der Waals surface area contributed by atoms with E-state index >= 15 is 0 Å². The highest BCUT2D eigenvalue weighted by Crippen LogP contribution is 2.36. The quantitative estimate of drug-likeness (QED) is 0.391. The van der Waals surface area contributed by atoms with E-state index in [2.05, 4.69) is 5.32 Å². The van der Waals surface area contributed by atoms with Crippen LogP contribution >= 0.6 is 0 Å². The summed E-state index contributed by atoms with van der Waals surface area (Å²) in [5, 5.41) is 22.3. The lowest BCUT2D eigenvalue weighted by Gasteiger charge is -2.11. The first-order valence-corrected chi connectivity index (χ1v) is 5.70. The van der Waals surface area contributed by atoms with Gasteiger partial charge in [0.1, 0.15) is 5.75 Å². The van der Waals surface area contributed by atoms with Gasteiger partial charge in [0.05, 0.1) is 4.92 Å². The molecule has 5 nitrogen and oxygen atoms in total. The van der Waals surface area contributed by atoms with Crippen molar-refractivity contribution in [1.29, 1.82) is 0 Å². The molecule has 0 aliphatic rings. The number of rotatable bonds is 3. The van der Waals surface area contributed by atoms with Gasteiger partial charge < -0.3 is 10.4 Å². The number of hydrogen-bond acceptors (Lipinski definition) is 4. The maximum absolute atomic E-state index is 13.9. The molecule has 0 amide bonds. The molecule has 0 fully saturated rings. The lowest BCUT2D eigenvalue weighted by Crippen LogP contribution is -2.07. The second-order valence-electron chi connectivity index (χ2n) is 4.22. The number of nitro benzene ring substituents is 1. The van der Waals surface area contributed by atoms with Crippen molar-refractivity contribution in [2.45, 2.75) is 6.92 Å². The number of nitro groups is 1. The summed E-state index contributed by atoms with van der Waals surface area (Å²) in [6.07, 6.45) is 0. The highest BCUT2D eigenvalue weighted by atomic mass is 19.2. The first-order chi connectivity index (χ1) is 9.82. The average Bonchev–Trinajstić information content (AvgIpc) is 2.44. The van der Waals surface area contributed by atoms with Gasteiger partial charge in [0.2, 0.25) is 5.82 Å². The van der Waals surface area contributed by atoms with Crippen LogP contribution in [0.3, 0.4) is 0 Å². The van der Waals surface area contributed by atoms with E-state index in [0.29, 0.717) is 0 Å². The number of phenols is 1. The Morgan fingerprint density at radius 1 is 1.10 bits per heavy atom. The third-order valence-corrected chi connectivity index (χ3v) is 2.83. The Morgan fingerprint density at radius 2 is 1.67 bits per heavy atom. The van der Waals surface area contributed by atoms with Crippen molar-refractivity contribution in [1.82, 2.24) is 0 Å². The zero-order valence-electron chi connectivity index (χ0n) is 10.7. The summed E-state index contributed by atoms with van der Waals surface area (Å²) in [5.41, 5.74) is -2.74. The molecule has 0 unspecified atom stereocenters. The minimum atomic E-state index is -1.55. The van der Waals surface area contributed by atoms with Gasteiger partial charge in [-0.3, -0.25) is 10.1 Å². The van der Waals surface area contributed by atoms with E-state index in [-0.39, 0.29) is 11.4 Å². The van der Waals surface area contributed by atoms with Crippen molar-refractivity contribution in [3.05, 3.63) is 57.4 Å². The van der Waals surface area contributed by atoms with Crippen LogP contribution in [0.5, 0.6) is 5.75 Å².